The summed E-state index contributed by atoms with van der Waals surface area (Å²) in [4.78, 5) is 32.8. The van der Waals surface area contributed by atoms with E-state index in [-0.39, 0.29) is 11.3 Å². The third kappa shape index (κ3) is 4.44. The van der Waals surface area contributed by atoms with Gasteiger partial charge in [-0.2, -0.15) is 0 Å². The van der Waals surface area contributed by atoms with E-state index in [1.807, 2.05) is 24.3 Å². The number of esters is 1. The number of carbonyl (C=O) groups excluding carboxylic acids is 2. The van der Waals surface area contributed by atoms with Gasteiger partial charge in [0.1, 0.15) is 5.69 Å². The van der Waals surface area contributed by atoms with Crippen LogP contribution in [0.1, 0.15) is 31.3 Å². The molecule has 0 radical (unpaired) electrons. The van der Waals surface area contributed by atoms with E-state index in [4.69, 9.17) is 11.6 Å². The first-order valence-corrected chi connectivity index (χ1v) is 8.79. The number of nitrogens with one attached hydrogen (secondary N) is 1. The maximum atomic E-state index is 12.2. The van der Waals surface area contributed by atoms with Crippen molar-refractivity contribution >= 4 is 39.9 Å². The molecule has 3 rings (SSSR count). The summed E-state index contributed by atoms with van der Waals surface area (Å²) in [6, 6.07) is 10.5. The second-order valence-electron chi connectivity index (χ2n) is 5.31. The molecular weight excluding hydrogens is 374 g/mol. The number of thiazole rings is 1. The third-order valence-electron chi connectivity index (χ3n) is 3.48. The highest BCUT2D eigenvalue weighted by Crippen LogP contribution is 2.22. The maximum absolute atomic E-state index is 12.2. The molecule has 0 aliphatic heterocycles. The summed E-state index contributed by atoms with van der Waals surface area (Å²) in [5.74, 6) is -0.898. The Balaban J connectivity index is 1.63. The van der Waals surface area contributed by atoms with Crippen molar-refractivity contribution in [1.29, 1.82) is 0 Å². The van der Waals surface area contributed by atoms with Crippen molar-refractivity contribution in [2.75, 3.05) is 12.4 Å². The molecule has 3 aromatic rings. The Kier molecular flexibility index (Phi) is 5.60. The molecule has 0 fully saturated rings. The third-order valence-corrected chi connectivity index (χ3v) is 4.65. The molecule has 2 heterocycles. The van der Waals surface area contributed by atoms with E-state index in [1.165, 1.54) is 36.8 Å². The fourth-order valence-electron chi connectivity index (χ4n) is 2.18. The van der Waals surface area contributed by atoms with Gasteiger partial charge < -0.3 is 4.74 Å². The monoisotopic (exact) mass is 387 g/mol. The number of ether oxygens (including phenoxy) is 1. The number of nitrogens with zero attached hydrogens (tertiary/aromatic N) is 2. The molecular formula is C18H14ClN3O3S. The van der Waals surface area contributed by atoms with E-state index in [0.717, 1.165) is 10.4 Å². The normalized spacial score (nSPS) is 10.4. The fraction of sp³-hybridized carbons (Fsp3) is 0.111. The standard InChI is InChI=1S/C18H14ClN3O3S/c1-25-17(24)12-4-7-15(20-9-12)16(23)22-18-21-10-14(26-18)8-11-2-5-13(19)6-3-11/h2-7,9-10H,8H2,1H3,(H,21,22,23). The van der Waals surface area contributed by atoms with Crippen LogP contribution < -0.4 is 5.32 Å². The zero-order valence-corrected chi connectivity index (χ0v) is 15.3. The minimum absolute atomic E-state index is 0.187. The highest BCUT2D eigenvalue weighted by Gasteiger charge is 2.12. The highest BCUT2D eigenvalue weighted by molar-refractivity contribution is 7.15. The lowest BCUT2D eigenvalue weighted by Gasteiger charge is -2.02. The molecule has 1 aromatic carbocycles. The summed E-state index contributed by atoms with van der Waals surface area (Å²) < 4.78 is 4.60. The minimum Gasteiger partial charge on any atom is -0.465 e. The van der Waals surface area contributed by atoms with Gasteiger partial charge in [0.05, 0.1) is 12.7 Å². The summed E-state index contributed by atoms with van der Waals surface area (Å²) >= 11 is 7.27. The van der Waals surface area contributed by atoms with Gasteiger partial charge in [-0.25, -0.2) is 9.78 Å². The number of amides is 1. The van der Waals surface area contributed by atoms with Gasteiger partial charge in [-0.15, -0.1) is 11.3 Å². The Labute approximate surface area is 158 Å². The van der Waals surface area contributed by atoms with E-state index in [2.05, 4.69) is 20.0 Å². The Hall–Kier alpha value is -2.77. The Morgan fingerprint density at radius 3 is 2.54 bits per heavy atom. The zero-order valence-electron chi connectivity index (χ0n) is 13.7. The highest BCUT2D eigenvalue weighted by atomic mass is 35.5. The molecule has 6 nitrogen and oxygen atoms in total. The Bertz CT molecular complexity index is 924. The molecule has 0 saturated carbocycles. The molecule has 0 atom stereocenters. The summed E-state index contributed by atoms with van der Waals surface area (Å²) in [6.45, 7) is 0. The molecule has 0 unspecified atom stereocenters. The first kappa shape index (κ1) is 18.0. The van der Waals surface area contributed by atoms with Crippen molar-refractivity contribution < 1.29 is 14.3 Å². The van der Waals surface area contributed by atoms with Crippen molar-refractivity contribution in [3.05, 3.63) is 75.5 Å². The zero-order chi connectivity index (χ0) is 18.5. The summed E-state index contributed by atoms with van der Waals surface area (Å²) in [7, 11) is 1.28. The molecule has 0 bridgehead atoms. The number of anilines is 1. The van der Waals surface area contributed by atoms with E-state index in [1.54, 1.807) is 6.20 Å². The molecule has 0 aliphatic carbocycles. The van der Waals surface area contributed by atoms with Gasteiger partial charge in [-0.1, -0.05) is 23.7 Å². The van der Waals surface area contributed by atoms with Crippen molar-refractivity contribution in [1.82, 2.24) is 9.97 Å². The quantitative estimate of drug-likeness (QED) is 0.673. The number of benzene rings is 1. The van der Waals surface area contributed by atoms with Crippen LogP contribution in [0.15, 0.2) is 48.8 Å². The predicted octanol–water partition coefficient (Wildman–Crippen LogP) is 3.82. The number of rotatable bonds is 5. The molecule has 8 heteroatoms. The van der Waals surface area contributed by atoms with E-state index in [9.17, 15) is 9.59 Å². The molecule has 1 amide bonds. The van der Waals surface area contributed by atoms with Crippen LogP contribution in [-0.4, -0.2) is 29.0 Å². The van der Waals surface area contributed by atoms with Crippen LogP contribution in [0.2, 0.25) is 5.02 Å². The van der Waals surface area contributed by atoms with Crippen LogP contribution in [0, 0.1) is 0 Å². The minimum atomic E-state index is -0.503. The lowest BCUT2D eigenvalue weighted by atomic mass is 10.1. The van der Waals surface area contributed by atoms with Crippen molar-refractivity contribution in [2.45, 2.75) is 6.42 Å². The number of halogens is 1. The number of hydrogen-bond acceptors (Lipinski definition) is 6. The summed E-state index contributed by atoms with van der Waals surface area (Å²) in [6.07, 6.45) is 3.73. The van der Waals surface area contributed by atoms with Crippen LogP contribution in [0.25, 0.3) is 0 Å². The second kappa shape index (κ2) is 8.07. The first-order valence-electron chi connectivity index (χ1n) is 7.60. The lowest BCUT2D eigenvalue weighted by Crippen LogP contribution is -2.14. The van der Waals surface area contributed by atoms with E-state index < -0.39 is 11.9 Å². The number of pyridine rings is 1. The van der Waals surface area contributed by atoms with Crippen LogP contribution in [0.5, 0.6) is 0 Å². The molecule has 0 spiro atoms. The first-order chi connectivity index (χ1) is 12.5. The van der Waals surface area contributed by atoms with E-state index >= 15 is 0 Å². The number of hydrogen-bond donors (Lipinski definition) is 1. The topological polar surface area (TPSA) is 81.2 Å². The maximum Gasteiger partial charge on any atom is 0.339 e. The molecule has 26 heavy (non-hydrogen) atoms. The van der Waals surface area contributed by atoms with E-state index in [0.29, 0.717) is 16.6 Å². The number of carbonyl (C=O) groups is 2. The van der Waals surface area contributed by atoms with Crippen LogP contribution in [0.3, 0.4) is 0 Å². The average molecular weight is 388 g/mol. The van der Waals surface area contributed by atoms with Gasteiger partial charge in [-0.3, -0.25) is 15.1 Å². The van der Waals surface area contributed by atoms with Crippen LogP contribution in [-0.2, 0) is 11.2 Å². The smallest absolute Gasteiger partial charge is 0.339 e. The van der Waals surface area contributed by atoms with Crippen molar-refractivity contribution in [2.24, 2.45) is 0 Å². The predicted molar refractivity (Wildman–Crippen MR) is 99.9 cm³/mol. The molecule has 0 saturated heterocycles. The van der Waals surface area contributed by atoms with Crippen LogP contribution in [0.4, 0.5) is 5.13 Å². The van der Waals surface area contributed by atoms with Gasteiger partial charge in [0, 0.05) is 28.7 Å². The van der Waals surface area contributed by atoms with Gasteiger partial charge in [0.2, 0.25) is 0 Å². The molecule has 0 aliphatic rings. The molecule has 2 aromatic heterocycles. The molecule has 132 valence electrons. The SMILES string of the molecule is COC(=O)c1ccc(C(=O)Nc2ncc(Cc3ccc(Cl)cc3)s2)nc1. The van der Waals surface area contributed by atoms with Gasteiger partial charge >= 0.3 is 5.97 Å². The van der Waals surface area contributed by atoms with Gasteiger partial charge in [-0.05, 0) is 29.8 Å². The van der Waals surface area contributed by atoms with Crippen LogP contribution >= 0.6 is 22.9 Å². The molecule has 1 N–H and O–H groups in total. The van der Waals surface area contributed by atoms with Crippen molar-refractivity contribution in [3.63, 3.8) is 0 Å². The Morgan fingerprint density at radius 1 is 1.12 bits per heavy atom. The van der Waals surface area contributed by atoms with Gasteiger partial charge in [0.15, 0.2) is 5.13 Å². The fourth-order valence-corrected chi connectivity index (χ4v) is 3.15. The number of aromatic nitrogens is 2. The largest absolute Gasteiger partial charge is 0.465 e. The summed E-state index contributed by atoms with van der Waals surface area (Å²) in [5.41, 5.74) is 1.58. The van der Waals surface area contributed by atoms with Gasteiger partial charge in [0.25, 0.3) is 5.91 Å². The lowest BCUT2D eigenvalue weighted by molar-refractivity contribution is 0.0600. The summed E-state index contributed by atoms with van der Waals surface area (Å²) in [5, 5.41) is 3.88. The number of methoxy groups -OCH3 is 1. The Morgan fingerprint density at radius 2 is 1.88 bits per heavy atom. The average Bonchev–Trinajstić information content (AvgIpc) is 3.10. The second-order valence-corrected chi connectivity index (χ2v) is 6.86. The van der Waals surface area contributed by atoms with Crippen molar-refractivity contribution in [3.8, 4) is 0 Å².